The molecule has 1 fully saturated rings. The van der Waals surface area contributed by atoms with E-state index in [1.807, 2.05) is 30.6 Å². The molecule has 0 spiro atoms. The monoisotopic (exact) mass is 503 g/mol. The number of anilines is 2. The molecule has 0 bridgehead atoms. The molecule has 0 unspecified atom stereocenters. The summed E-state index contributed by atoms with van der Waals surface area (Å²) in [6.07, 6.45) is -1.26. The van der Waals surface area contributed by atoms with Crippen LogP contribution in [0.25, 0.3) is 0 Å². The van der Waals surface area contributed by atoms with Crippen molar-refractivity contribution in [3.8, 4) is 0 Å². The molecule has 0 atom stereocenters. The summed E-state index contributed by atoms with van der Waals surface area (Å²) in [5, 5.41) is 0. The van der Waals surface area contributed by atoms with Gasteiger partial charge in [0.2, 0.25) is 5.91 Å². The molecule has 1 amide bonds. The predicted octanol–water partition coefficient (Wildman–Crippen LogP) is 4.98. The highest BCUT2D eigenvalue weighted by Gasteiger charge is 2.36. The van der Waals surface area contributed by atoms with E-state index < -0.39 is 17.3 Å². The summed E-state index contributed by atoms with van der Waals surface area (Å²) in [6, 6.07) is 7.29. The Kier molecular flexibility index (Phi) is 7.59. The molecule has 0 N–H and O–H groups in total. The maximum atomic E-state index is 13.5. The third-order valence-corrected chi connectivity index (χ3v) is 6.98. The fraction of sp³-hybridized carbons (Fsp3) is 0.593. The molecule has 4 rings (SSSR count). The molecule has 36 heavy (non-hydrogen) atoms. The number of aromatic nitrogens is 2. The van der Waals surface area contributed by atoms with Gasteiger partial charge < -0.3 is 9.80 Å². The molecule has 0 radical (unpaired) electrons. The number of hydrogen-bond donors (Lipinski definition) is 0. The maximum absolute atomic E-state index is 13.5. The van der Waals surface area contributed by atoms with Gasteiger partial charge in [0.15, 0.2) is 0 Å². The third-order valence-electron chi connectivity index (χ3n) is 6.98. The van der Waals surface area contributed by atoms with Gasteiger partial charge in [-0.25, -0.2) is 9.97 Å². The van der Waals surface area contributed by atoms with Crippen molar-refractivity contribution >= 4 is 17.4 Å². The Labute approximate surface area is 211 Å². The van der Waals surface area contributed by atoms with E-state index in [1.54, 1.807) is 0 Å². The normalized spacial score (nSPS) is 17.5. The van der Waals surface area contributed by atoms with Crippen LogP contribution in [0.3, 0.4) is 0 Å². The van der Waals surface area contributed by atoms with Crippen LogP contribution in [0.1, 0.15) is 62.7 Å². The number of rotatable bonds is 6. The van der Waals surface area contributed by atoms with Gasteiger partial charge in [-0.1, -0.05) is 39.0 Å². The standard InChI is InChI=1S/C27H36F3N5O/c1-19-8-7-9-20-10-11-23(36)35(24(19)20)13-6-5-12-33-14-16-34(17-15-33)22-18-21(27(28,29)30)31-25(32-22)26(2,3)4/h7-9,18H,5-6,10-17H2,1-4H3. The van der Waals surface area contributed by atoms with Gasteiger partial charge in [-0.2, -0.15) is 13.2 Å². The first-order chi connectivity index (χ1) is 16.9. The van der Waals surface area contributed by atoms with Crippen molar-refractivity contribution in [1.29, 1.82) is 0 Å². The van der Waals surface area contributed by atoms with Crippen molar-refractivity contribution in [2.75, 3.05) is 49.1 Å². The van der Waals surface area contributed by atoms with Crippen molar-refractivity contribution in [3.63, 3.8) is 0 Å². The molecule has 2 aliphatic heterocycles. The minimum absolute atomic E-state index is 0.197. The van der Waals surface area contributed by atoms with E-state index >= 15 is 0 Å². The van der Waals surface area contributed by atoms with Gasteiger partial charge in [-0.05, 0) is 43.9 Å². The molecule has 2 aromatic rings. The number of piperazine rings is 1. The first-order valence-corrected chi connectivity index (χ1v) is 12.8. The lowest BCUT2D eigenvalue weighted by Gasteiger charge is -2.36. The fourth-order valence-electron chi connectivity index (χ4n) is 4.93. The topological polar surface area (TPSA) is 52.6 Å². The summed E-state index contributed by atoms with van der Waals surface area (Å²) < 4.78 is 40.4. The Morgan fingerprint density at radius 2 is 1.64 bits per heavy atom. The molecule has 1 saturated heterocycles. The van der Waals surface area contributed by atoms with Crippen LogP contribution in [0.5, 0.6) is 0 Å². The largest absolute Gasteiger partial charge is 0.433 e. The minimum atomic E-state index is -4.51. The molecule has 2 aliphatic rings. The Morgan fingerprint density at radius 3 is 2.31 bits per heavy atom. The quantitative estimate of drug-likeness (QED) is 0.521. The van der Waals surface area contributed by atoms with Gasteiger partial charge >= 0.3 is 6.18 Å². The van der Waals surface area contributed by atoms with E-state index in [0.29, 0.717) is 31.9 Å². The highest BCUT2D eigenvalue weighted by Crippen LogP contribution is 2.33. The fourth-order valence-corrected chi connectivity index (χ4v) is 4.93. The SMILES string of the molecule is Cc1cccc2c1N(CCCCN1CCN(c3cc(C(F)(F)F)nc(C(C)(C)C)n3)CC1)C(=O)CC2. The summed E-state index contributed by atoms with van der Waals surface area (Å²) in [7, 11) is 0. The smallest absolute Gasteiger partial charge is 0.354 e. The summed E-state index contributed by atoms with van der Waals surface area (Å²) in [5.41, 5.74) is 2.01. The second-order valence-corrected chi connectivity index (χ2v) is 10.8. The number of fused-ring (bicyclic) bond motifs is 1. The number of amides is 1. The van der Waals surface area contributed by atoms with Gasteiger partial charge in [0.05, 0.1) is 0 Å². The van der Waals surface area contributed by atoms with Gasteiger partial charge in [-0.15, -0.1) is 0 Å². The zero-order valence-corrected chi connectivity index (χ0v) is 21.7. The highest BCUT2D eigenvalue weighted by molar-refractivity contribution is 5.97. The van der Waals surface area contributed by atoms with Crippen LogP contribution in [0.15, 0.2) is 24.3 Å². The van der Waals surface area contributed by atoms with Gasteiger partial charge in [0.25, 0.3) is 0 Å². The van der Waals surface area contributed by atoms with E-state index in [-0.39, 0.29) is 11.7 Å². The van der Waals surface area contributed by atoms with E-state index in [0.717, 1.165) is 56.2 Å². The minimum Gasteiger partial charge on any atom is -0.354 e. The first-order valence-electron chi connectivity index (χ1n) is 12.8. The Balaban J connectivity index is 1.31. The van der Waals surface area contributed by atoms with Gasteiger partial charge in [-0.3, -0.25) is 9.69 Å². The second-order valence-electron chi connectivity index (χ2n) is 10.8. The zero-order valence-electron chi connectivity index (χ0n) is 21.7. The number of alkyl halides is 3. The lowest BCUT2D eigenvalue weighted by molar-refractivity contribution is -0.141. The third kappa shape index (κ3) is 5.99. The highest BCUT2D eigenvalue weighted by atomic mass is 19.4. The van der Waals surface area contributed by atoms with E-state index in [4.69, 9.17) is 0 Å². The summed E-state index contributed by atoms with van der Waals surface area (Å²) in [4.78, 5) is 27.1. The van der Waals surface area contributed by atoms with Crippen molar-refractivity contribution in [3.05, 3.63) is 46.9 Å². The maximum Gasteiger partial charge on any atom is 0.433 e. The molecule has 9 heteroatoms. The Bertz CT molecular complexity index is 1060. The van der Waals surface area contributed by atoms with Crippen molar-refractivity contribution in [1.82, 2.24) is 14.9 Å². The second kappa shape index (κ2) is 10.4. The van der Waals surface area contributed by atoms with E-state index in [2.05, 4.69) is 40.0 Å². The van der Waals surface area contributed by atoms with Crippen LogP contribution in [0, 0.1) is 6.92 Å². The summed E-state index contributed by atoms with van der Waals surface area (Å²) >= 11 is 0. The number of halogens is 3. The summed E-state index contributed by atoms with van der Waals surface area (Å²) in [6.45, 7) is 11.9. The zero-order chi connectivity index (χ0) is 26.1. The number of hydrogen-bond acceptors (Lipinski definition) is 5. The average molecular weight is 504 g/mol. The van der Waals surface area contributed by atoms with Crippen molar-refractivity contribution in [2.45, 2.75) is 65.0 Å². The van der Waals surface area contributed by atoms with Crippen molar-refractivity contribution in [2.24, 2.45) is 0 Å². The number of aryl methyl sites for hydroxylation is 2. The van der Waals surface area contributed by atoms with Crippen LogP contribution < -0.4 is 9.80 Å². The molecular weight excluding hydrogens is 467 g/mol. The first kappa shape index (κ1) is 26.4. The Morgan fingerprint density at radius 1 is 0.944 bits per heavy atom. The molecule has 3 heterocycles. The van der Waals surface area contributed by atoms with Crippen LogP contribution in [0.4, 0.5) is 24.7 Å². The number of unbranched alkanes of at least 4 members (excludes halogenated alkanes) is 1. The lowest BCUT2D eigenvalue weighted by Crippen LogP contribution is -2.47. The molecular formula is C27H36F3N5O. The number of benzene rings is 1. The lowest BCUT2D eigenvalue weighted by atomic mass is 9.95. The van der Waals surface area contributed by atoms with Crippen LogP contribution in [-0.4, -0.2) is 60.0 Å². The van der Waals surface area contributed by atoms with E-state index in [1.165, 1.54) is 5.56 Å². The molecule has 6 nitrogen and oxygen atoms in total. The van der Waals surface area contributed by atoms with E-state index in [9.17, 15) is 18.0 Å². The number of nitrogens with zero attached hydrogens (tertiary/aromatic N) is 5. The molecule has 1 aromatic carbocycles. The summed E-state index contributed by atoms with van der Waals surface area (Å²) in [5.74, 6) is 0.751. The number of para-hydroxylation sites is 1. The molecule has 196 valence electrons. The number of carbonyl (C=O) groups is 1. The number of carbonyl (C=O) groups excluding carboxylic acids is 1. The van der Waals surface area contributed by atoms with Crippen LogP contribution in [0.2, 0.25) is 0 Å². The van der Waals surface area contributed by atoms with Crippen LogP contribution in [-0.2, 0) is 22.8 Å². The van der Waals surface area contributed by atoms with Crippen molar-refractivity contribution < 1.29 is 18.0 Å². The average Bonchev–Trinajstić information content (AvgIpc) is 2.82. The molecule has 1 aromatic heterocycles. The Hall–Kier alpha value is -2.68. The predicted molar refractivity (Wildman–Crippen MR) is 135 cm³/mol. The molecule has 0 saturated carbocycles. The van der Waals surface area contributed by atoms with Crippen LogP contribution >= 0.6 is 0 Å². The molecule has 0 aliphatic carbocycles. The van der Waals surface area contributed by atoms with Gasteiger partial charge in [0.1, 0.15) is 17.3 Å². The van der Waals surface area contributed by atoms with Gasteiger partial charge in [0, 0.05) is 56.3 Å².